The van der Waals surface area contributed by atoms with E-state index in [0.717, 1.165) is 11.8 Å². The molecule has 0 saturated carbocycles. The molecule has 37 heavy (non-hydrogen) atoms. The Labute approximate surface area is 223 Å². The quantitative estimate of drug-likeness (QED) is 0.196. The van der Waals surface area contributed by atoms with Crippen molar-refractivity contribution in [2.75, 3.05) is 13.4 Å². The predicted octanol–water partition coefficient (Wildman–Crippen LogP) is 7.82. The van der Waals surface area contributed by atoms with Crippen LogP contribution in [0.1, 0.15) is 52.7 Å². The summed E-state index contributed by atoms with van der Waals surface area (Å²) in [6, 6.07) is 11.4. The number of aliphatic imine (C=N–C) groups is 2. The summed E-state index contributed by atoms with van der Waals surface area (Å²) in [7, 11) is -1.07. The number of ether oxygens (including phenoxy) is 1. The van der Waals surface area contributed by atoms with Gasteiger partial charge in [0.25, 0.3) is 8.32 Å². The third-order valence-corrected chi connectivity index (χ3v) is 13.0. The van der Waals surface area contributed by atoms with Crippen LogP contribution in [0.4, 0.5) is 14.9 Å². The highest BCUT2D eigenvalue weighted by Crippen LogP contribution is 2.44. The fourth-order valence-corrected chi connectivity index (χ4v) is 10.5. The van der Waals surface area contributed by atoms with Crippen LogP contribution in [0, 0.1) is 17.1 Å². The van der Waals surface area contributed by atoms with Crippen LogP contribution in [0.15, 0.2) is 46.4 Å². The summed E-state index contributed by atoms with van der Waals surface area (Å²) in [6.45, 7) is 12.6. The first kappa shape index (κ1) is 30.1. The van der Waals surface area contributed by atoms with Gasteiger partial charge in [-0.15, -0.1) is 11.8 Å². The second-order valence-electron chi connectivity index (χ2n) is 9.43. The van der Waals surface area contributed by atoms with Gasteiger partial charge in [0, 0.05) is 11.6 Å². The van der Waals surface area contributed by atoms with E-state index in [0.29, 0.717) is 17.0 Å². The minimum absolute atomic E-state index is 0.00669. The van der Waals surface area contributed by atoms with Gasteiger partial charge in [-0.25, -0.2) is 14.2 Å². The molecule has 0 aliphatic heterocycles. The first-order valence-corrected chi connectivity index (χ1v) is 15.3. The smallest absolute Gasteiger partial charge is 0.432 e. The Hall–Kier alpha value is -3.16. The number of carboxylic acid groups (broad SMARTS) is 1. The molecule has 0 aliphatic rings. The van der Waals surface area contributed by atoms with E-state index in [-0.39, 0.29) is 38.7 Å². The number of amides is 1. The monoisotopic (exact) mass is 543 g/mol. The lowest BCUT2D eigenvalue weighted by Gasteiger charge is -2.42. The molecule has 0 heterocycles. The Bertz CT molecular complexity index is 1200. The summed E-state index contributed by atoms with van der Waals surface area (Å²) < 4.78 is 28.5. The number of halogens is 1. The highest BCUT2D eigenvalue weighted by Gasteiger charge is 2.47. The SMILES string of the molecule is COc1cc(O[Si](C(C)C)(C(C)C)C(C)C)c(F)c(C(=Nc2ccc(C#N)cc2)C(=NC(=O)O)SC)c1. The van der Waals surface area contributed by atoms with Gasteiger partial charge in [0.1, 0.15) is 22.3 Å². The summed E-state index contributed by atoms with van der Waals surface area (Å²) >= 11 is 1.03. The maximum Gasteiger partial charge on any atom is 0.432 e. The molecule has 0 bridgehead atoms. The Kier molecular flexibility index (Phi) is 10.5. The molecule has 0 fully saturated rings. The molecule has 7 nitrogen and oxygen atoms in total. The van der Waals surface area contributed by atoms with E-state index in [1.54, 1.807) is 30.5 Å². The van der Waals surface area contributed by atoms with Crippen molar-refractivity contribution in [1.82, 2.24) is 0 Å². The Morgan fingerprint density at radius 3 is 2.08 bits per heavy atom. The lowest BCUT2D eigenvalue weighted by Crippen LogP contribution is -2.51. The van der Waals surface area contributed by atoms with Gasteiger partial charge in [0.05, 0.1) is 24.4 Å². The molecule has 2 aromatic rings. The first-order chi connectivity index (χ1) is 17.4. The maximum absolute atomic E-state index is 16.3. The summed E-state index contributed by atoms with van der Waals surface area (Å²) in [6.07, 6.45) is 0.210. The normalized spacial score (nSPS) is 12.7. The molecule has 0 atom stereocenters. The topological polar surface area (TPSA) is 104 Å². The van der Waals surface area contributed by atoms with Gasteiger partial charge in [-0.2, -0.15) is 10.3 Å². The third-order valence-electron chi connectivity index (χ3n) is 6.33. The Balaban J connectivity index is 2.87. The summed E-state index contributed by atoms with van der Waals surface area (Å²) in [5.74, 6) is -0.284. The number of benzene rings is 2. The molecular formula is C27H34FN3O4SSi. The van der Waals surface area contributed by atoms with Crippen LogP contribution >= 0.6 is 11.8 Å². The van der Waals surface area contributed by atoms with E-state index in [1.165, 1.54) is 19.2 Å². The molecule has 2 aromatic carbocycles. The molecule has 0 saturated heterocycles. The van der Waals surface area contributed by atoms with Crippen molar-refractivity contribution >= 4 is 42.6 Å². The second kappa shape index (κ2) is 12.9. The van der Waals surface area contributed by atoms with Gasteiger partial charge in [0.15, 0.2) is 5.82 Å². The number of methoxy groups -OCH3 is 1. The van der Waals surface area contributed by atoms with E-state index < -0.39 is 20.2 Å². The van der Waals surface area contributed by atoms with Crippen molar-refractivity contribution in [3.05, 3.63) is 53.3 Å². The molecule has 10 heteroatoms. The lowest BCUT2D eigenvalue weighted by atomic mass is 10.1. The van der Waals surface area contributed by atoms with Crippen LogP contribution < -0.4 is 9.16 Å². The van der Waals surface area contributed by atoms with Crippen LogP contribution in [-0.4, -0.2) is 43.6 Å². The molecule has 198 valence electrons. The number of nitrogens with zero attached hydrogens (tertiary/aromatic N) is 3. The zero-order chi connectivity index (χ0) is 27.9. The van der Waals surface area contributed by atoms with Gasteiger partial charge in [0.2, 0.25) is 0 Å². The van der Waals surface area contributed by atoms with Crippen LogP contribution in [-0.2, 0) is 0 Å². The average molecular weight is 544 g/mol. The molecule has 1 N–H and O–H groups in total. The van der Waals surface area contributed by atoms with Crippen molar-refractivity contribution in [2.24, 2.45) is 9.98 Å². The minimum atomic E-state index is -2.54. The molecule has 2 rings (SSSR count). The number of carbonyl (C=O) groups is 1. The molecular weight excluding hydrogens is 509 g/mol. The number of hydrogen-bond donors (Lipinski definition) is 1. The van der Waals surface area contributed by atoms with Crippen molar-refractivity contribution in [3.8, 4) is 17.6 Å². The fraction of sp³-hybridized carbons (Fsp3) is 0.407. The van der Waals surface area contributed by atoms with Crippen molar-refractivity contribution < 1.29 is 23.5 Å². The van der Waals surface area contributed by atoms with Crippen LogP contribution in [0.3, 0.4) is 0 Å². The number of thioether (sulfide) groups is 1. The summed E-state index contributed by atoms with van der Waals surface area (Å²) in [5, 5.41) is 18.5. The van der Waals surface area contributed by atoms with Crippen LogP contribution in [0.2, 0.25) is 16.6 Å². The summed E-state index contributed by atoms with van der Waals surface area (Å²) in [4.78, 5) is 19.7. The van der Waals surface area contributed by atoms with E-state index >= 15 is 4.39 Å². The van der Waals surface area contributed by atoms with Gasteiger partial charge in [-0.05, 0) is 53.2 Å². The first-order valence-electron chi connectivity index (χ1n) is 11.9. The number of hydrogen-bond acceptors (Lipinski definition) is 6. The van der Waals surface area contributed by atoms with Gasteiger partial charge < -0.3 is 14.3 Å². The zero-order valence-corrected chi connectivity index (χ0v) is 24.3. The van der Waals surface area contributed by atoms with Gasteiger partial charge in [-0.1, -0.05) is 41.5 Å². The lowest BCUT2D eigenvalue weighted by molar-refractivity contribution is 0.206. The average Bonchev–Trinajstić information content (AvgIpc) is 2.85. The third kappa shape index (κ3) is 6.79. The van der Waals surface area contributed by atoms with Crippen LogP contribution in [0.5, 0.6) is 11.5 Å². The zero-order valence-electron chi connectivity index (χ0n) is 22.5. The highest BCUT2D eigenvalue weighted by molar-refractivity contribution is 8.15. The molecule has 0 unspecified atom stereocenters. The molecule has 0 spiro atoms. The summed E-state index contributed by atoms with van der Waals surface area (Å²) in [5.41, 5.74) is 1.46. The number of rotatable bonds is 9. The molecule has 0 aromatic heterocycles. The molecule has 0 aliphatic carbocycles. The van der Waals surface area contributed by atoms with Gasteiger partial charge >= 0.3 is 6.09 Å². The number of nitriles is 1. The van der Waals surface area contributed by atoms with Crippen molar-refractivity contribution in [1.29, 1.82) is 5.26 Å². The second-order valence-corrected chi connectivity index (χ2v) is 15.6. The van der Waals surface area contributed by atoms with Gasteiger partial charge in [-0.3, -0.25) is 0 Å². The van der Waals surface area contributed by atoms with Crippen molar-refractivity contribution in [3.63, 3.8) is 0 Å². The van der Waals surface area contributed by atoms with Crippen LogP contribution in [0.25, 0.3) is 0 Å². The van der Waals surface area contributed by atoms with Crippen molar-refractivity contribution in [2.45, 2.75) is 58.2 Å². The fourth-order valence-electron chi connectivity index (χ4n) is 4.73. The largest absolute Gasteiger partial charge is 0.541 e. The van der Waals surface area contributed by atoms with E-state index in [2.05, 4.69) is 51.5 Å². The maximum atomic E-state index is 16.3. The minimum Gasteiger partial charge on any atom is -0.541 e. The highest BCUT2D eigenvalue weighted by atomic mass is 32.2. The molecule has 1 amide bonds. The Morgan fingerprint density at radius 2 is 1.65 bits per heavy atom. The van der Waals surface area contributed by atoms with E-state index in [4.69, 9.17) is 14.4 Å². The standard InChI is InChI=1S/C27H34FN3O4SSi/c1-16(2)37(17(3)4,18(5)6)35-23-14-21(34-7)13-22(24(23)28)25(26(36-8)31-27(32)33)30-20-11-9-19(15-29)10-12-20/h9-14,16-18H,1-8H3,(H,32,33). The Morgan fingerprint density at radius 1 is 1.08 bits per heavy atom. The van der Waals surface area contributed by atoms with E-state index in [1.807, 2.05) is 6.07 Å². The van der Waals surface area contributed by atoms with E-state index in [9.17, 15) is 9.90 Å². The predicted molar refractivity (Wildman–Crippen MR) is 151 cm³/mol. The molecule has 0 radical (unpaired) electrons.